The van der Waals surface area contributed by atoms with Crippen molar-refractivity contribution in [2.45, 2.75) is 44.6 Å². The van der Waals surface area contributed by atoms with Crippen molar-refractivity contribution in [1.82, 2.24) is 10.3 Å². The number of H-pyrrole nitrogens is 1. The predicted molar refractivity (Wildman–Crippen MR) is 136 cm³/mol. The topological polar surface area (TPSA) is 130 Å². The minimum absolute atomic E-state index is 0. The molecule has 2 N–H and O–H groups in total. The molecular formula is C27H26ClN2Na2O6P. The van der Waals surface area contributed by atoms with Crippen molar-refractivity contribution in [3.63, 3.8) is 0 Å². The third kappa shape index (κ3) is 7.32. The number of amides is 1. The van der Waals surface area contributed by atoms with Crippen molar-refractivity contribution in [2.75, 3.05) is 6.61 Å². The standard InChI is InChI=1S/C27H28ClN2O6P.2Na/c1-16-3-5-20(17(2)13-16)25(23-7-8-24(28)36-23)30-26(31)27(10-11-27)19-4-6-22-21(14-19)18(15-29-22)9-12-35-37(32,33)34;;/h3-8,13-15,25,29H,9-12H2,1-2H3,(H,30,31)(H2,32,33,34);;/q;2*+1/p-2. The summed E-state index contributed by atoms with van der Waals surface area (Å²) in [5.41, 5.74) is 4.92. The molecule has 1 unspecified atom stereocenters. The number of phosphoric ester groups is 1. The van der Waals surface area contributed by atoms with Gasteiger partial charge in [-0.2, -0.15) is 0 Å². The molecule has 2 aromatic heterocycles. The van der Waals surface area contributed by atoms with Gasteiger partial charge < -0.3 is 33.6 Å². The summed E-state index contributed by atoms with van der Waals surface area (Å²) < 4.78 is 20.9. The maximum Gasteiger partial charge on any atom is 1.00 e. The van der Waals surface area contributed by atoms with Gasteiger partial charge in [-0.3, -0.25) is 4.79 Å². The number of benzene rings is 2. The number of phosphoric acid groups is 1. The summed E-state index contributed by atoms with van der Waals surface area (Å²) in [6.07, 6.45) is 3.39. The van der Waals surface area contributed by atoms with Crippen molar-refractivity contribution < 1.29 is 87.2 Å². The third-order valence-corrected chi connectivity index (χ3v) is 7.72. The molecule has 4 aromatic rings. The predicted octanol–water partition coefficient (Wildman–Crippen LogP) is -1.64. The van der Waals surface area contributed by atoms with E-state index in [1.54, 1.807) is 18.3 Å². The Morgan fingerprint density at radius 1 is 1.15 bits per heavy atom. The summed E-state index contributed by atoms with van der Waals surface area (Å²) in [5.74, 6) is 0.446. The van der Waals surface area contributed by atoms with Crippen LogP contribution in [0.2, 0.25) is 5.22 Å². The fourth-order valence-corrected chi connectivity index (χ4v) is 5.39. The molecule has 12 heteroatoms. The smallest absolute Gasteiger partial charge is 0.790 e. The number of hydrogen-bond acceptors (Lipinski definition) is 6. The van der Waals surface area contributed by atoms with Crippen molar-refractivity contribution >= 4 is 36.2 Å². The van der Waals surface area contributed by atoms with E-state index in [9.17, 15) is 19.1 Å². The molecule has 0 radical (unpaired) electrons. The summed E-state index contributed by atoms with van der Waals surface area (Å²) in [6.45, 7) is 3.78. The Morgan fingerprint density at radius 2 is 1.90 bits per heavy atom. The van der Waals surface area contributed by atoms with Crippen molar-refractivity contribution in [3.8, 4) is 0 Å². The molecule has 5 rings (SSSR count). The van der Waals surface area contributed by atoms with E-state index in [0.29, 0.717) is 18.6 Å². The zero-order valence-electron chi connectivity index (χ0n) is 22.4. The van der Waals surface area contributed by atoms with Crippen molar-refractivity contribution in [3.05, 3.63) is 93.5 Å². The fraction of sp³-hybridized carbons (Fsp3) is 0.296. The number of rotatable bonds is 9. The van der Waals surface area contributed by atoms with Gasteiger partial charge >= 0.3 is 59.1 Å². The summed E-state index contributed by atoms with van der Waals surface area (Å²) >= 11 is 6.07. The summed E-state index contributed by atoms with van der Waals surface area (Å²) in [6, 6.07) is 14.8. The number of aryl methyl sites for hydroxylation is 2. The molecule has 1 fully saturated rings. The molecule has 1 amide bonds. The average Bonchev–Trinajstić information content (AvgIpc) is 3.39. The van der Waals surface area contributed by atoms with Gasteiger partial charge in [0.05, 0.1) is 19.8 Å². The second-order valence-electron chi connectivity index (χ2n) is 9.60. The molecule has 8 nitrogen and oxygen atoms in total. The van der Waals surface area contributed by atoms with Crippen LogP contribution in [0.25, 0.3) is 10.9 Å². The first-order chi connectivity index (χ1) is 17.6. The van der Waals surface area contributed by atoms with Gasteiger partial charge in [0.1, 0.15) is 11.8 Å². The molecule has 2 heterocycles. The van der Waals surface area contributed by atoms with E-state index < -0.39 is 19.3 Å². The van der Waals surface area contributed by atoms with E-state index in [0.717, 1.165) is 38.7 Å². The Morgan fingerprint density at radius 3 is 2.51 bits per heavy atom. The molecular weight excluding hydrogens is 561 g/mol. The number of aromatic amines is 1. The SMILES string of the molecule is Cc1ccc(C(NC(=O)C2(c3ccc4[nH]cc(CCOP(=O)([O-])[O-])c4c3)CC2)c2ccc(Cl)o2)c(C)c1.[Na+].[Na+]. The number of carbonyl (C=O) groups excluding carboxylic acids is 1. The minimum atomic E-state index is -5.03. The Balaban J connectivity index is 0.00000210. The number of nitrogens with one attached hydrogen (secondary N) is 2. The average molecular weight is 587 g/mol. The van der Waals surface area contributed by atoms with Crippen molar-refractivity contribution in [2.24, 2.45) is 0 Å². The summed E-state index contributed by atoms with van der Waals surface area (Å²) in [4.78, 5) is 38.6. The van der Waals surface area contributed by atoms with E-state index in [1.165, 1.54) is 0 Å². The second-order valence-corrected chi connectivity index (χ2v) is 11.1. The maximum absolute atomic E-state index is 13.8. The zero-order valence-corrected chi connectivity index (χ0v) is 28.0. The molecule has 0 saturated heterocycles. The molecule has 194 valence electrons. The van der Waals surface area contributed by atoms with Crippen LogP contribution in [0.15, 0.2) is 59.1 Å². The number of hydrogen-bond donors (Lipinski definition) is 2. The normalized spacial score (nSPS) is 14.8. The largest absolute Gasteiger partial charge is 1.00 e. The van der Waals surface area contributed by atoms with Gasteiger partial charge in [-0.05, 0) is 91.2 Å². The first-order valence-corrected chi connectivity index (χ1v) is 13.8. The van der Waals surface area contributed by atoms with Gasteiger partial charge in [0, 0.05) is 17.1 Å². The molecule has 0 spiro atoms. The van der Waals surface area contributed by atoms with Crippen LogP contribution in [0.1, 0.15) is 52.5 Å². The third-order valence-electron chi connectivity index (χ3n) is 7.02. The molecule has 1 aliphatic rings. The molecule has 39 heavy (non-hydrogen) atoms. The monoisotopic (exact) mass is 586 g/mol. The van der Waals surface area contributed by atoms with Crippen LogP contribution >= 0.6 is 19.4 Å². The van der Waals surface area contributed by atoms with Crippen LogP contribution in [0.4, 0.5) is 0 Å². The van der Waals surface area contributed by atoms with Crippen LogP contribution in [0.5, 0.6) is 0 Å². The van der Waals surface area contributed by atoms with Crippen LogP contribution in [-0.4, -0.2) is 17.5 Å². The van der Waals surface area contributed by atoms with E-state index in [1.807, 2.05) is 44.2 Å². The van der Waals surface area contributed by atoms with E-state index in [4.69, 9.17) is 16.0 Å². The van der Waals surface area contributed by atoms with Crippen LogP contribution < -0.4 is 74.2 Å². The molecule has 1 saturated carbocycles. The van der Waals surface area contributed by atoms with E-state index >= 15 is 0 Å². The van der Waals surface area contributed by atoms with Gasteiger partial charge in [0.2, 0.25) is 5.91 Å². The second kappa shape index (κ2) is 13.0. The maximum atomic E-state index is 13.8. The Labute approximate surface area is 276 Å². The fourth-order valence-electron chi connectivity index (χ4n) is 4.93. The van der Waals surface area contributed by atoms with Crippen LogP contribution in [0, 0.1) is 13.8 Å². The molecule has 1 atom stereocenters. The molecule has 0 bridgehead atoms. The molecule has 2 aromatic carbocycles. The van der Waals surface area contributed by atoms with Crippen LogP contribution in [-0.2, 0) is 25.7 Å². The zero-order chi connectivity index (χ0) is 26.4. The first kappa shape index (κ1) is 32.6. The van der Waals surface area contributed by atoms with Crippen molar-refractivity contribution in [1.29, 1.82) is 0 Å². The van der Waals surface area contributed by atoms with E-state index in [2.05, 4.69) is 20.9 Å². The quantitative estimate of drug-likeness (QED) is 0.179. The molecule has 1 aliphatic carbocycles. The Bertz CT molecular complexity index is 1530. The summed E-state index contributed by atoms with van der Waals surface area (Å²) in [7, 11) is -5.03. The van der Waals surface area contributed by atoms with E-state index in [-0.39, 0.29) is 83.3 Å². The number of fused-ring (bicyclic) bond motifs is 1. The Kier molecular flexibility index (Phi) is 10.9. The number of furan rings is 1. The summed E-state index contributed by atoms with van der Waals surface area (Å²) in [5, 5.41) is 4.32. The van der Waals surface area contributed by atoms with Crippen LogP contribution in [0.3, 0.4) is 0 Å². The first-order valence-electron chi connectivity index (χ1n) is 12.0. The van der Waals surface area contributed by atoms with Gasteiger partial charge in [-0.25, -0.2) is 0 Å². The Hall–Kier alpha value is -0.870. The van der Waals surface area contributed by atoms with Gasteiger partial charge in [0.25, 0.3) is 0 Å². The number of aromatic nitrogens is 1. The van der Waals surface area contributed by atoms with Gasteiger partial charge in [-0.1, -0.05) is 29.8 Å². The number of halogens is 1. The van der Waals surface area contributed by atoms with Gasteiger partial charge in [0.15, 0.2) is 5.22 Å². The minimum Gasteiger partial charge on any atom is -0.790 e. The molecule has 0 aliphatic heterocycles. The number of carbonyl (C=O) groups is 1. The van der Waals surface area contributed by atoms with Gasteiger partial charge in [-0.15, -0.1) is 0 Å².